The van der Waals surface area contributed by atoms with Crippen molar-refractivity contribution in [2.24, 2.45) is 0 Å². The predicted octanol–water partition coefficient (Wildman–Crippen LogP) is 2.21. The molecule has 0 saturated heterocycles. The van der Waals surface area contributed by atoms with E-state index >= 15 is 0 Å². The summed E-state index contributed by atoms with van der Waals surface area (Å²) in [5.41, 5.74) is 0.887. The van der Waals surface area contributed by atoms with Crippen LogP contribution in [0.1, 0.15) is 38.1 Å². The van der Waals surface area contributed by atoms with Crippen LogP contribution < -0.4 is 10.1 Å². The molecule has 1 amide bonds. The smallest absolute Gasteiger partial charge is 0.220 e. The maximum atomic E-state index is 11.9. The fraction of sp³-hybridized carbons (Fsp3) is 0.769. The zero-order valence-corrected chi connectivity index (χ0v) is 25.1. The number of aromatic nitrogens is 1. The molecule has 0 spiro atoms. The lowest BCUT2D eigenvalue weighted by Crippen LogP contribution is -2.29. The number of rotatable bonds is 26. The van der Waals surface area contributed by atoms with E-state index < -0.39 is 0 Å². The molecule has 11 nitrogen and oxygen atoms in total. The zero-order chi connectivity index (χ0) is 28.6. The molecule has 1 heterocycles. The van der Waals surface area contributed by atoms with Crippen molar-refractivity contribution >= 4 is 27.5 Å². The van der Waals surface area contributed by atoms with Crippen LogP contribution in [0.2, 0.25) is 0 Å². The Balaban J connectivity index is 1.81. The van der Waals surface area contributed by atoms with Crippen LogP contribution in [0, 0.1) is 0 Å². The number of ether oxygens (including phenoxy) is 6. The lowest BCUT2D eigenvalue weighted by Gasteiger charge is -2.21. The van der Waals surface area contributed by atoms with E-state index in [-0.39, 0.29) is 23.9 Å². The topological polar surface area (TPSA) is 138 Å². The number of hydrogen-bond donors (Lipinski definition) is 3. The van der Waals surface area contributed by atoms with Crippen molar-refractivity contribution < 1.29 is 43.4 Å². The third-order valence-electron chi connectivity index (χ3n) is 5.05. The fourth-order valence-corrected chi connectivity index (χ4v) is 5.34. The molecular weight excluding hydrogens is 548 g/mol. The SMILES string of the molecule is CSSC(C)(C)CCC(=O)NCCOCCOCCOCCOCCOCCOc1cc(CO)nc(CO)c1. The Morgan fingerprint density at radius 3 is 1.74 bits per heavy atom. The van der Waals surface area contributed by atoms with Crippen molar-refractivity contribution in [3.63, 3.8) is 0 Å². The third-order valence-corrected chi connectivity index (χ3v) is 7.72. The Hall–Kier alpha value is -1.16. The quantitative estimate of drug-likeness (QED) is 0.107. The molecule has 0 aliphatic heterocycles. The van der Waals surface area contributed by atoms with Gasteiger partial charge in [0.2, 0.25) is 5.91 Å². The van der Waals surface area contributed by atoms with Gasteiger partial charge in [-0.15, -0.1) is 0 Å². The molecule has 1 aromatic rings. The molecule has 3 N–H and O–H groups in total. The van der Waals surface area contributed by atoms with Gasteiger partial charge in [-0.05, 0) is 26.5 Å². The number of amides is 1. The van der Waals surface area contributed by atoms with Crippen molar-refractivity contribution in [3.8, 4) is 5.75 Å². The molecule has 0 bridgehead atoms. The monoisotopic (exact) mass is 594 g/mol. The van der Waals surface area contributed by atoms with Crippen LogP contribution in [0.15, 0.2) is 12.1 Å². The van der Waals surface area contributed by atoms with Crippen LogP contribution in [0.3, 0.4) is 0 Å². The van der Waals surface area contributed by atoms with Gasteiger partial charge in [0.05, 0.1) is 90.7 Å². The first-order valence-corrected chi connectivity index (χ1v) is 15.7. The third kappa shape index (κ3) is 20.4. The molecule has 0 aliphatic rings. The van der Waals surface area contributed by atoms with Gasteiger partial charge < -0.3 is 44.0 Å². The maximum absolute atomic E-state index is 11.9. The van der Waals surface area contributed by atoms with E-state index in [0.29, 0.717) is 103 Å². The first-order valence-electron chi connectivity index (χ1n) is 13.1. The lowest BCUT2D eigenvalue weighted by atomic mass is 10.1. The first kappa shape index (κ1) is 35.9. The molecule has 1 aromatic heterocycles. The van der Waals surface area contributed by atoms with Crippen LogP contribution in [0.25, 0.3) is 0 Å². The predicted molar refractivity (Wildman–Crippen MR) is 153 cm³/mol. The van der Waals surface area contributed by atoms with Crippen molar-refractivity contribution in [1.82, 2.24) is 10.3 Å². The molecular formula is C26H46N2O9S2. The van der Waals surface area contributed by atoms with Crippen LogP contribution >= 0.6 is 21.6 Å². The van der Waals surface area contributed by atoms with Gasteiger partial charge in [-0.25, -0.2) is 0 Å². The van der Waals surface area contributed by atoms with Crippen LogP contribution in [0.4, 0.5) is 0 Å². The van der Waals surface area contributed by atoms with E-state index in [1.54, 1.807) is 33.7 Å². The van der Waals surface area contributed by atoms with Gasteiger partial charge in [-0.2, -0.15) is 0 Å². The second-order valence-electron chi connectivity index (χ2n) is 8.87. The van der Waals surface area contributed by atoms with E-state index in [2.05, 4.69) is 24.1 Å². The minimum absolute atomic E-state index is 0.0573. The van der Waals surface area contributed by atoms with Crippen LogP contribution in [-0.4, -0.2) is 111 Å². The van der Waals surface area contributed by atoms with Gasteiger partial charge in [-0.3, -0.25) is 9.78 Å². The molecule has 0 aliphatic carbocycles. The van der Waals surface area contributed by atoms with Crippen molar-refractivity contribution in [2.45, 2.75) is 44.6 Å². The number of carbonyl (C=O) groups excluding carboxylic acids is 1. The number of aliphatic hydroxyl groups excluding tert-OH is 2. The highest BCUT2D eigenvalue weighted by atomic mass is 33.1. The summed E-state index contributed by atoms with van der Waals surface area (Å²) >= 11 is 0. The summed E-state index contributed by atoms with van der Waals surface area (Å²) in [5.74, 6) is 0.588. The van der Waals surface area contributed by atoms with Gasteiger partial charge in [0.25, 0.3) is 0 Å². The van der Waals surface area contributed by atoms with Crippen LogP contribution in [0.5, 0.6) is 5.75 Å². The summed E-state index contributed by atoms with van der Waals surface area (Å²) in [4.78, 5) is 15.9. The first-order chi connectivity index (χ1) is 18.9. The normalized spacial score (nSPS) is 11.6. The van der Waals surface area contributed by atoms with Crippen molar-refractivity contribution in [3.05, 3.63) is 23.5 Å². The van der Waals surface area contributed by atoms with Crippen molar-refractivity contribution in [2.75, 3.05) is 85.5 Å². The molecule has 0 saturated carbocycles. The molecule has 0 atom stereocenters. The van der Waals surface area contributed by atoms with E-state index in [9.17, 15) is 15.0 Å². The van der Waals surface area contributed by atoms with E-state index in [0.717, 1.165) is 6.42 Å². The highest BCUT2D eigenvalue weighted by Crippen LogP contribution is 2.36. The van der Waals surface area contributed by atoms with Gasteiger partial charge in [-0.1, -0.05) is 21.6 Å². The Bertz CT molecular complexity index is 738. The summed E-state index contributed by atoms with van der Waals surface area (Å²) in [6.45, 7) is 9.27. The number of nitrogens with zero attached hydrogens (tertiary/aromatic N) is 1. The molecule has 39 heavy (non-hydrogen) atoms. The van der Waals surface area contributed by atoms with Crippen LogP contribution in [-0.2, 0) is 41.7 Å². The number of nitrogens with one attached hydrogen (secondary N) is 1. The number of aliphatic hydroxyl groups is 2. The second-order valence-corrected chi connectivity index (χ2v) is 12.0. The highest BCUT2D eigenvalue weighted by Gasteiger charge is 2.19. The maximum Gasteiger partial charge on any atom is 0.220 e. The highest BCUT2D eigenvalue weighted by molar-refractivity contribution is 8.76. The Kier molecular flexibility index (Phi) is 21.6. The van der Waals surface area contributed by atoms with Gasteiger partial charge in [0.1, 0.15) is 12.4 Å². The molecule has 0 unspecified atom stereocenters. The zero-order valence-electron chi connectivity index (χ0n) is 23.5. The molecule has 13 heteroatoms. The van der Waals surface area contributed by atoms with E-state index in [4.69, 9.17) is 28.4 Å². The molecule has 0 aromatic carbocycles. The van der Waals surface area contributed by atoms with E-state index in [1.807, 2.05) is 6.26 Å². The largest absolute Gasteiger partial charge is 0.491 e. The summed E-state index contributed by atoms with van der Waals surface area (Å²) in [6, 6.07) is 3.25. The fourth-order valence-electron chi connectivity index (χ4n) is 3.10. The number of pyridine rings is 1. The standard InChI is InChI=1S/C26H46N2O9S2/c1-26(2,39-38-3)5-4-25(31)27-6-7-32-8-9-33-10-11-34-12-13-35-14-15-36-16-17-37-24-18-22(20-29)28-23(19-24)21-30/h18-19,29-30H,4-17,20-21H2,1-3H3,(H,27,31). The summed E-state index contributed by atoms with van der Waals surface area (Å²) in [7, 11) is 3.52. The molecule has 0 radical (unpaired) electrons. The van der Waals surface area contributed by atoms with Gasteiger partial charge in [0.15, 0.2) is 0 Å². The Morgan fingerprint density at radius 2 is 1.28 bits per heavy atom. The van der Waals surface area contributed by atoms with Gasteiger partial charge >= 0.3 is 0 Å². The summed E-state index contributed by atoms with van der Waals surface area (Å²) < 4.78 is 33.0. The van der Waals surface area contributed by atoms with Crippen molar-refractivity contribution in [1.29, 1.82) is 0 Å². The van der Waals surface area contributed by atoms with Gasteiger partial charge in [0, 0.05) is 29.8 Å². The summed E-state index contributed by atoms with van der Waals surface area (Å²) in [5, 5.41) is 21.3. The average Bonchev–Trinajstić information content (AvgIpc) is 2.92. The second kappa shape index (κ2) is 23.5. The minimum Gasteiger partial charge on any atom is -0.491 e. The molecule has 226 valence electrons. The average molecular weight is 595 g/mol. The number of carbonyl (C=O) groups is 1. The molecule has 1 rings (SSSR count). The lowest BCUT2D eigenvalue weighted by molar-refractivity contribution is -0.121. The summed E-state index contributed by atoms with van der Waals surface area (Å²) in [6.07, 6.45) is 3.41. The minimum atomic E-state index is -0.218. The Labute approximate surface area is 240 Å². The molecule has 0 fully saturated rings. The number of hydrogen-bond acceptors (Lipinski definition) is 12. The Morgan fingerprint density at radius 1 is 0.821 bits per heavy atom. The van der Waals surface area contributed by atoms with E-state index in [1.165, 1.54) is 0 Å².